The molecule has 0 aromatic heterocycles. The number of hydrogen-bond donors (Lipinski definition) is 0. The Balaban J connectivity index is 1.30. The molecule has 7 aromatic carbocycles. The molecule has 1 unspecified atom stereocenters. The van der Waals surface area contributed by atoms with Gasteiger partial charge >= 0.3 is 0 Å². The maximum Gasteiger partial charge on any atom is 0.178 e. The van der Waals surface area contributed by atoms with Crippen molar-refractivity contribution in [2.45, 2.75) is 5.60 Å². The number of methoxy groups -OCH3 is 1. The second-order valence-electron chi connectivity index (χ2n) is 12.6. The molecule has 0 bridgehead atoms. The molecule has 7 aromatic rings. The lowest BCUT2D eigenvalue weighted by Crippen LogP contribution is -2.36. The van der Waals surface area contributed by atoms with Gasteiger partial charge in [-0.3, -0.25) is 0 Å². The Labute approximate surface area is 285 Å². The fraction of sp³-hybridized carbons (Fsp3) is 0.136. The molecule has 240 valence electrons. The Bertz CT molecular complexity index is 2340. The zero-order valence-corrected chi connectivity index (χ0v) is 27.3. The molecular weight excluding hydrogens is 606 g/mol. The number of fused-ring (bicyclic) bond motifs is 8. The van der Waals surface area contributed by atoms with E-state index in [1.165, 1.54) is 27.2 Å². The normalized spacial score (nSPS) is 17.2. The van der Waals surface area contributed by atoms with E-state index in [9.17, 15) is 0 Å². The first-order chi connectivity index (χ1) is 24.2. The van der Waals surface area contributed by atoms with E-state index in [2.05, 4.69) is 108 Å². The van der Waals surface area contributed by atoms with Crippen LogP contribution in [0.2, 0.25) is 0 Å². The third-order valence-corrected chi connectivity index (χ3v) is 9.90. The van der Waals surface area contributed by atoms with Gasteiger partial charge in [-0.05, 0) is 81.5 Å². The Morgan fingerprint density at radius 2 is 1.20 bits per heavy atom. The summed E-state index contributed by atoms with van der Waals surface area (Å²) in [5.74, 6) is 2.91. The first kappa shape index (κ1) is 29.4. The minimum absolute atomic E-state index is 0.668. The number of morpholine rings is 1. The zero-order chi connectivity index (χ0) is 32.8. The van der Waals surface area contributed by atoms with Crippen molar-refractivity contribution >= 4 is 44.1 Å². The van der Waals surface area contributed by atoms with Gasteiger partial charge in [-0.2, -0.15) is 0 Å². The molecule has 1 saturated heterocycles. The summed E-state index contributed by atoms with van der Waals surface area (Å²) in [7, 11) is 1.69. The predicted molar refractivity (Wildman–Crippen MR) is 198 cm³/mol. The van der Waals surface area contributed by atoms with Crippen molar-refractivity contribution in [2.75, 3.05) is 38.3 Å². The van der Waals surface area contributed by atoms with Gasteiger partial charge in [0.25, 0.3) is 0 Å². The third-order valence-electron chi connectivity index (χ3n) is 9.90. The summed E-state index contributed by atoms with van der Waals surface area (Å²) < 4.78 is 25.3. The molecule has 0 spiro atoms. The lowest BCUT2D eigenvalue weighted by molar-refractivity contribution is 0.122. The minimum Gasteiger partial charge on any atom is -0.497 e. The second kappa shape index (κ2) is 12.0. The first-order valence-corrected chi connectivity index (χ1v) is 16.8. The Morgan fingerprint density at radius 3 is 1.88 bits per heavy atom. The number of para-hydroxylation sites is 1. The summed E-state index contributed by atoms with van der Waals surface area (Å²) in [6.45, 7) is 3.23. The zero-order valence-electron chi connectivity index (χ0n) is 27.3. The highest BCUT2D eigenvalue weighted by atomic mass is 16.5. The summed E-state index contributed by atoms with van der Waals surface area (Å²) in [5, 5.41) is 7.05. The lowest BCUT2D eigenvalue weighted by Gasteiger charge is -2.37. The van der Waals surface area contributed by atoms with Crippen molar-refractivity contribution < 1.29 is 18.9 Å². The topological polar surface area (TPSA) is 40.2 Å². The maximum atomic E-state index is 7.44. The van der Waals surface area contributed by atoms with Gasteiger partial charge in [0, 0.05) is 40.9 Å². The second-order valence-corrected chi connectivity index (χ2v) is 12.6. The van der Waals surface area contributed by atoms with Crippen LogP contribution in [0.25, 0.3) is 38.4 Å². The van der Waals surface area contributed by atoms with Crippen LogP contribution in [0.4, 0.5) is 5.69 Å². The summed E-state index contributed by atoms with van der Waals surface area (Å²) in [6, 6.07) is 46.3. The van der Waals surface area contributed by atoms with Crippen molar-refractivity contribution in [3.8, 4) is 23.0 Å². The number of nitrogens with zero attached hydrogens (tertiary/aromatic N) is 1. The van der Waals surface area contributed by atoms with Crippen LogP contribution >= 0.6 is 0 Å². The number of benzene rings is 7. The third kappa shape index (κ3) is 4.97. The number of ether oxygens (including phenoxy) is 4. The van der Waals surface area contributed by atoms with E-state index in [0.717, 1.165) is 65.3 Å². The van der Waals surface area contributed by atoms with Crippen LogP contribution in [-0.2, 0) is 10.3 Å². The molecule has 2 heterocycles. The van der Waals surface area contributed by atoms with Crippen LogP contribution in [0.3, 0.4) is 0 Å². The first-order valence-electron chi connectivity index (χ1n) is 16.8. The van der Waals surface area contributed by atoms with E-state index >= 15 is 0 Å². The number of anilines is 1. The molecule has 9 rings (SSSR count). The van der Waals surface area contributed by atoms with Gasteiger partial charge < -0.3 is 23.8 Å². The van der Waals surface area contributed by atoms with Gasteiger partial charge in [0.2, 0.25) is 0 Å². The molecule has 1 atom stereocenters. The van der Waals surface area contributed by atoms with Gasteiger partial charge in [0.1, 0.15) is 11.5 Å². The molecule has 5 heteroatoms. The molecule has 2 aliphatic rings. The molecule has 49 heavy (non-hydrogen) atoms. The smallest absolute Gasteiger partial charge is 0.178 e. The number of hydrogen-bond acceptors (Lipinski definition) is 5. The molecule has 0 saturated carbocycles. The van der Waals surface area contributed by atoms with Crippen LogP contribution < -0.4 is 19.1 Å². The van der Waals surface area contributed by atoms with Gasteiger partial charge in [-0.1, -0.05) is 91.0 Å². The summed E-state index contributed by atoms with van der Waals surface area (Å²) in [5.41, 5.74) is 3.25. The van der Waals surface area contributed by atoms with E-state index < -0.39 is 5.60 Å². The number of rotatable bonds is 6. The predicted octanol–water partition coefficient (Wildman–Crippen LogP) is 10.1. The molecule has 2 aliphatic heterocycles. The van der Waals surface area contributed by atoms with Crippen molar-refractivity contribution in [1.29, 1.82) is 0 Å². The van der Waals surface area contributed by atoms with Crippen LogP contribution in [0.15, 0.2) is 140 Å². The van der Waals surface area contributed by atoms with Crippen molar-refractivity contribution in [3.05, 3.63) is 156 Å². The maximum absolute atomic E-state index is 7.44. The fourth-order valence-electron chi connectivity index (χ4n) is 7.46. The standard InChI is InChI=1S/C44H35NO4/c1-46-33-21-17-31(18-22-33)44(30-15-19-32(20-16-30)45-25-27-47-28-26-45)24-23-39-42-38-14-8-7-12-36(38)35-11-5-6-13-37(35)40(42)29-41(43(39)49-44)48-34-9-3-2-4-10-34/h2-24,29H,25-28H2,1H3. The van der Waals surface area contributed by atoms with E-state index in [-0.39, 0.29) is 0 Å². The van der Waals surface area contributed by atoms with Crippen molar-refractivity contribution in [3.63, 3.8) is 0 Å². The minimum atomic E-state index is -0.933. The fourth-order valence-corrected chi connectivity index (χ4v) is 7.46. The monoisotopic (exact) mass is 641 g/mol. The molecule has 0 amide bonds. The average molecular weight is 642 g/mol. The van der Waals surface area contributed by atoms with Crippen LogP contribution in [0.5, 0.6) is 23.0 Å². The lowest BCUT2D eigenvalue weighted by atomic mass is 9.82. The molecule has 0 aliphatic carbocycles. The van der Waals surface area contributed by atoms with Gasteiger partial charge in [-0.25, -0.2) is 0 Å². The summed E-state index contributed by atoms with van der Waals surface area (Å²) in [4.78, 5) is 2.37. The van der Waals surface area contributed by atoms with Crippen LogP contribution in [0, 0.1) is 0 Å². The average Bonchev–Trinajstić information content (AvgIpc) is 3.18. The SMILES string of the molecule is COc1ccc(C2(c3ccc(N4CCOCC4)cc3)C=Cc3c(c(Oc4ccccc4)cc4c5ccccc5c5ccccc5c34)O2)cc1. The molecule has 0 radical (unpaired) electrons. The molecule has 0 N–H and O–H groups in total. The molecule has 5 nitrogen and oxygen atoms in total. The summed E-state index contributed by atoms with van der Waals surface area (Å²) in [6.07, 6.45) is 4.44. The molecular formula is C44H35NO4. The van der Waals surface area contributed by atoms with Gasteiger partial charge in [0.05, 0.1) is 20.3 Å². The Kier molecular flexibility index (Phi) is 7.21. The van der Waals surface area contributed by atoms with E-state index in [1.807, 2.05) is 42.5 Å². The van der Waals surface area contributed by atoms with Crippen LogP contribution in [-0.4, -0.2) is 33.4 Å². The van der Waals surface area contributed by atoms with E-state index in [0.29, 0.717) is 11.5 Å². The van der Waals surface area contributed by atoms with Crippen molar-refractivity contribution in [1.82, 2.24) is 0 Å². The van der Waals surface area contributed by atoms with E-state index in [1.54, 1.807) is 7.11 Å². The highest BCUT2D eigenvalue weighted by Gasteiger charge is 2.39. The molecule has 1 fully saturated rings. The Hall–Kier alpha value is -5.78. The van der Waals surface area contributed by atoms with Gasteiger partial charge in [0.15, 0.2) is 17.1 Å². The highest BCUT2D eigenvalue weighted by molar-refractivity contribution is 6.27. The van der Waals surface area contributed by atoms with Gasteiger partial charge in [-0.15, -0.1) is 0 Å². The highest BCUT2D eigenvalue weighted by Crippen LogP contribution is 2.52. The van der Waals surface area contributed by atoms with Crippen LogP contribution in [0.1, 0.15) is 16.7 Å². The quantitative estimate of drug-likeness (QED) is 0.169. The Morgan fingerprint density at radius 1 is 0.612 bits per heavy atom. The largest absolute Gasteiger partial charge is 0.497 e. The van der Waals surface area contributed by atoms with E-state index in [4.69, 9.17) is 18.9 Å². The van der Waals surface area contributed by atoms with Crippen molar-refractivity contribution in [2.24, 2.45) is 0 Å². The summed E-state index contributed by atoms with van der Waals surface area (Å²) >= 11 is 0.